The predicted molar refractivity (Wildman–Crippen MR) is 129 cm³/mol. The van der Waals surface area contributed by atoms with Gasteiger partial charge < -0.3 is 23.7 Å². The van der Waals surface area contributed by atoms with E-state index in [9.17, 15) is 4.79 Å². The van der Waals surface area contributed by atoms with Crippen molar-refractivity contribution in [3.05, 3.63) is 41.6 Å². The molecule has 0 saturated carbocycles. The highest BCUT2D eigenvalue weighted by Crippen LogP contribution is 2.42. The standard InChI is InChI=1S/C27H32NO6/c1-6-34-25(29)9-7-8-19-18-10-11-22(30-2)27(33-5)21(18)16-28-13-12-17-14-23(31-3)24(32-4)15-20(17)26(19)28/h10-11,14-16H,6-9,12-13H2,1-5H3/q+1. The molecule has 1 aliphatic rings. The van der Waals surface area contributed by atoms with Gasteiger partial charge in [-0.25, -0.2) is 0 Å². The third-order valence-corrected chi connectivity index (χ3v) is 6.37. The lowest BCUT2D eigenvalue weighted by Gasteiger charge is -2.22. The molecule has 180 valence electrons. The van der Waals surface area contributed by atoms with E-state index in [1.165, 1.54) is 5.56 Å². The van der Waals surface area contributed by atoms with Crippen LogP contribution in [0.3, 0.4) is 0 Å². The number of methoxy groups -OCH3 is 4. The van der Waals surface area contributed by atoms with Crippen molar-refractivity contribution < 1.29 is 33.0 Å². The smallest absolute Gasteiger partial charge is 0.305 e. The van der Waals surface area contributed by atoms with E-state index in [0.29, 0.717) is 36.7 Å². The highest BCUT2D eigenvalue weighted by molar-refractivity contribution is 5.95. The van der Waals surface area contributed by atoms with Crippen molar-refractivity contribution in [3.8, 4) is 34.3 Å². The summed E-state index contributed by atoms with van der Waals surface area (Å²) in [5, 5.41) is 2.07. The van der Waals surface area contributed by atoms with Gasteiger partial charge in [0.2, 0.25) is 5.69 Å². The Morgan fingerprint density at radius 3 is 2.35 bits per heavy atom. The van der Waals surface area contributed by atoms with Crippen molar-refractivity contribution in [2.24, 2.45) is 0 Å². The second-order valence-corrected chi connectivity index (χ2v) is 8.18. The van der Waals surface area contributed by atoms with Gasteiger partial charge in [0.15, 0.2) is 35.7 Å². The number of fused-ring (bicyclic) bond motifs is 4. The largest absolute Gasteiger partial charge is 0.493 e. The van der Waals surface area contributed by atoms with Gasteiger partial charge in [-0.2, -0.15) is 4.57 Å². The molecule has 0 radical (unpaired) electrons. The third-order valence-electron chi connectivity index (χ3n) is 6.37. The fourth-order valence-electron chi connectivity index (χ4n) is 4.84. The molecule has 1 aliphatic heterocycles. The van der Waals surface area contributed by atoms with Crippen LogP contribution in [-0.2, 0) is 28.9 Å². The number of pyridine rings is 1. The average molecular weight is 467 g/mol. The number of carbonyl (C=O) groups is 1. The molecule has 0 fully saturated rings. The number of benzene rings is 2. The second kappa shape index (κ2) is 10.2. The lowest BCUT2D eigenvalue weighted by Crippen LogP contribution is -2.41. The maximum Gasteiger partial charge on any atom is 0.305 e. The van der Waals surface area contributed by atoms with E-state index in [-0.39, 0.29) is 5.97 Å². The van der Waals surface area contributed by atoms with Crippen molar-refractivity contribution in [2.45, 2.75) is 39.2 Å². The first-order valence-corrected chi connectivity index (χ1v) is 11.6. The maximum absolute atomic E-state index is 12.0. The summed E-state index contributed by atoms with van der Waals surface area (Å²) in [6, 6.07) is 8.14. The first kappa shape index (κ1) is 23.7. The van der Waals surface area contributed by atoms with Crippen LogP contribution in [0.15, 0.2) is 30.5 Å². The molecule has 0 amide bonds. The molecule has 34 heavy (non-hydrogen) atoms. The lowest BCUT2D eigenvalue weighted by atomic mass is 9.89. The van der Waals surface area contributed by atoms with Crippen molar-refractivity contribution in [1.29, 1.82) is 0 Å². The minimum absolute atomic E-state index is 0.171. The van der Waals surface area contributed by atoms with Gasteiger partial charge in [0, 0.05) is 23.8 Å². The summed E-state index contributed by atoms with van der Waals surface area (Å²) >= 11 is 0. The average Bonchev–Trinajstić information content (AvgIpc) is 2.86. The van der Waals surface area contributed by atoms with Gasteiger partial charge in [-0.3, -0.25) is 4.79 Å². The summed E-state index contributed by atoms with van der Waals surface area (Å²) in [7, 11) is 6.61. The Morgan fingerprint density at radius 2 is 1.68 bits per heavy atom. The minimum Gasteiger partial charge on any atom is -0.493 e. The Balaban J connectivity index is 1.93. The SMILES string of the molecule is CCOC(=O)CCCc1c2[n+](cc3c(OC)c(OC)ccc13)CCc1cc(OC)c(OC)cc1-2. The first-order chi connectivity index (χ1) is 16.6. The van der Waals surface area contributed by atoms with Gasteiger partial charge >= 0.3 is 5.97 Å². The monoisotopic (exact) mass is 466 g/mol. The van der Waals surface area contributed by atoms with Gasteiger partial charge in [0.05, 0.1) is 46.0 Å². The Morgan fingerprint density at radius 1 is 0.941 bits per heavy atom. The normalized spacial score (nSPS) is 12.0. The highest BCUT2D eigenvalue weighted by Gasteiger charge is 2.31. The van der Waals surface area contributed by atoms with E-state index in [0.717, 1.165) is 52.7 Å². The zero-order valence-corrected chi connectivity index (χ0v) is 20.5. The number of aromatic nitrogens is 1. The van der Waals surface area contributed by atoms with Crippen molar-refractivity contribution in [3.63, 3.8) is 0 Å². The summed E-state index contributed by atoms with van der Waals surface area (Å²) in [5.41, 5.74) is 4.62. The first-order valence-electron chi connectivity index (χ1n) is 11.6. The Hall–Kier alpha value is -3.48. The number of hydrogen-bond acceptors (Lipinski definition) is 6. The molecule has 0 unspecified atom stereocenters. The molecule has 2 heterocycles. The van der Waals surface area contributed by atoms with E-state index in [4.69, 9.17) is 23.7 Å². The number of esters is 1. The molecule has 0 N–H and O–H groups in total. The molecule has 0 atom stereocenters. The number of aryl methyl sites for hydroxylation is 3. The lowest BCUT2D eigenvalue weighted by molar-refractivity contribution is -0.686. The van der Waals surface area contributed by atoms with Crippen LogP contribution in [0.25, 0.3) is 22.0 Å². The number of hydrogen-bond donors (Lipinski definition) is 0. The molecule has 0 spiro atoms. The third kappa shape index (κ3) is 4.22. The predicted octanol–water partition coefficient (Wildman–Crippen LogP) is 4.27. The van der Waals surface area contributed by atoms with Crippen LogP contribution in [0.5, 0.6) is 23.0 Å². The molecule has 0 bridgehead atoms. The van der Waals surface area contributed by atoms with E-state index in [1.807, 2.05) is 13.0 Å². The van der Waals surface area contributed by atoms with E-state index >= 15 is 0 Å². The summed E-state index contributed by atoms with van der Waals surface area (Å²) in [6.45, 7) is 3.04. The number of nitrogens with zero attached hydrogens (tertiary/aromatic N) is 1. The van der Waals surface area contributed by atoms with Gasteiger partial charge in [0.25, 0.3) is 0 Å². The molecular weight excluding hydrogens is 434 g/mol. The Kier molecular flexibility index (Phi) is 7.10. The summed E-state index contributed by atoms with van der Waals surface area (Å²) < 4.78 is 29.9. The quantitative estimate of drug-likeness (QED) is 0.347. The Labute approximate surface area is 200 Å². The van der Waals surface area contributed by atoms with Crippen LogP contribution in [0.4, 0.5) is 0 Å². The molecule has 0 saturated heterocycles. The topological polar surface area (TPSA) is 67.1 Å². The van der Waals surface area contributed by atoms with Crippen molar-refractivity contribution >= 4 is 16.7 Å². The van der Waals surface area contributed by atoms with Crippen LogP contribution in [0.2, 0.25) is 0 Å². The van der Waals surface area contributed by atoms with E-state index in [1.54, 1.807) is 28.4 Å². The molecule has 2 aromatic carbocycles. The number of ether oxygens (including phenoxy) is 5. The number of rotatable bonds is 9. The zero-order valence-electron chi connectivity index (χ0n) is 20.5. The van der Waals surface area contributed by atoms with Crippen LogP contribution in [0, 0.1) is 0 Å². The van der Waals surface area contributed by atoms with E-state index < -0.39 is 0 Å². The minimum atomic E-state index is -0.171. The molecule has 4 rings (SSSR count). The van der Waals surface area contributed by atoms with Gasteiger partial charge in [-0.15, -0.1) is 0 Å². The van der Waals surface area contributed by atoms with E-state index in [2.05, 4.69) is 29.0 Å². The summed E-state index contributed by atoms with van der Waals surface area (Å²) in [6.07, 6.45) is 4.78. The second-order valence-electron chi connectivity index (χ2n) is 8.18. The van der Waals surface area contributed by atoms with Gasteiger partial charge in [0.1, 0.15) is 0 Å². The fourth-order valence-corrected chi connectivity index (χ4v) is 4.84. The van der Waals surface area contributed by atoms with Gasteiger partial charge in [-0.1, -0.05) is 0 Å². The fraction of sp³-hybridized carbons (Fsp3) is 0.407. The molecule has 7 heteroatoms. The summed E-state index contributed by atoms with van der Waals surface area (Å²) in [5.74, 6) is 2.65. The molecular formula is C27H32NO6+. The number of carbonyl (C=O) groups excluding carboxylic acids is 1. The van der Waals surface area contributed by atoms with Crippen LogP contribution in [0.1, 0.15) is 30.9 Å². The summed E-state index contributed by atoms with van der Waals surface area (Å²) in [4.78, 5) is 12.0. The zero-order chi connectivity index (χ0) is 24.2. The molecule has 1 aromatic heterocycles. The molecule has 0 aliphatic carbocycles. The van der Waals surface area contributed by atoms with Crippen LogP contribution in [-0.4, -0.2) is 41.0 Å². The highest BCUT2D eigenvalue weighted by atomic mass is 16.5. The molecule has 3 aromatic rings. The van der Waals surface area contributed by atoms with Crippen LogP contribution >= 0.6 is 0 Å². The Bertz CT molecular complexity index is 1220. The van der Waals surface area contributed by atoms with Crippen LogP contribution < -0.4 is 23.5 Å². The van der Waals surface area contributed by atoms with Crippen molar-refractivity contribution in [2.75, 3.05) is 35.0 Å². The van der Waals surface area contributed by atoms with Crippen molar-refractivity contribution in [1.82, 2.24) is 0 Å². The van der Waals surface area contributed by atoms with Gasteiger partial charge in [-0.05, 0) is 49.6 Å². The maximum atomic E-state index is 12.0. The molecule has 7 nitrogen and oxygen atoms in total.